The normalized spacial score (nSPS) is 38.1. The Morgan fingerprint density at radius 1 is 1.11 bits per heavy atom. The molecule has 1 aliphatic heterocycles. The quantitative estimate of drug-likeness (QED) is 0.815. The van der Waals surface area contributed by atoms with Crippen LogP contribution in [0.2, 0.25) is 0 Å². The summed E-state index contributed by atoms with van der Waals surface area (Å²) in [5.41, 5.74) is 0. The number of hydrogen-bond acceptors (Lipinski definition) is 2. The van der Waals surface area contributed by atoms with Crippen LogP contribution >= 0.6 is 0 Å². The van der Waals surface area contributed by atoms with Crippen molar-refractivity contribution in [3.8, 4) is 0 Å². The second-order valence-electron chi connectivity index (χ2n) is 6.27. The highest BCUT2D eigenvalue weighted by Crippen LogP contribution is 2.37. The second kappa shape index (κ2) is 4.72. The molecule has 2 saturated carbocycles. The molecule has 1 heterocycles. The zero-order chi connectivity index (χ0) is 12.7. The number of aliphatic hydroxyl groups excluding tert-OH is 1. The van der Waals surface area contributed by atoms with Crippen molar-refractivity contribution >= 4 is 6.03 Å². The number of aliphatic hydroxyl groups is 1. The number of urea groups is 1. The van der Waals surface area contributed by atoms with Crippen molar-refractivity contribution in [2.45, 2.75) is 63.1 Å². The summed E-state index contributed by atoms with van der Waals surface area (Å²) in [5, 5.41) is 9.56. The van der Waals surface area contributed by atoms with Gasteiger partial charge in [-0.15, -0.1) is 0 Å². The molecule has 3 fully saturated rings. The van der Waals surface area contributed by atoms with E-state index in [1.807, 2.05) is 11.9 Å². The average Bonchev–Trinajstić information content (AvgIpc) is 2.57. The fraction of sp³-hybridized carbons (Fsp3) is 0.929. The van der Waals surface area contributed by atoms with Crippen LogP contribution in [0.3, 0.4) is 0 Å². The molecule has 4 nitrogen and oxygen atoms in total. The van der Waals surface area contributed by atoms with Crippen molar-refractivity contribution in [1.29, 1.82) is 0 Å². The number of likely N-dealkylation sites (N-methyl/N-ethyl adjacent to an activating group) is 1. The monoisotopic (exact) mass is 252 g/mol. The number of rotatable bonds is 2. The Labute approximate surface area is 109 Å². The Balaban J connectivity index is 1.64. The van der Waals surface area contributed by atoms with Crippen LogP contribution in [-0.2, 0) is 0 Å². The van der Waals surface area contributed by atoms with E-state index in [2.05, 4.69) is 4.90 Å². The Morgan fingerprint density at radius 3 is 2.33 bits per heavy atom. The maximum Gasteiger partial charge on any atom is 0.320 e. The summed E-state index contributed by atoms with van der Waals surface area (Å²) in [7, 11) is 1.96. The van der Waals surface area contributed by atoms with Gasteiger partial charge >= 0.3 is 6.03 Å². The van der Waals surface area contributed by atoms with Crippen LogP contribution < -0.4 is 0 Å². The van der Waals surface area contributed by atoms with E-state index in [1.54, 1.807) is 0 Å². The third-order valence-corrected chi connectivity index (χ3v) is 5.23. The summed E-state index contributed by atoms with van der Waals surface area (Å²) in [4.78, 5) is 16.4. The first-order valence-corrected chi connectivity index (χ1v) is 7.38. The lowest BCUT2D eigenvalue weighted by molar-refractivity contribution is 0.0889. The predicted molar refractivity (Wildman–Crippen MR) is 69.3 cm³/mol. The molecule has 0 radical (unpaired) electrons. The van der Waals surface area contributed by atoms with Crippen molar-refractivity contribution < 1.29 is 9.90 Å². The van der Waals surface area contributed by atoms with Gasteiger partial charge < -0.3 is 14.9 Å². The van der Waals surface area contributed by atoms with E-state index in [1.165, 1.54) is 19.3 Å². The van der Waals surface area contributed by atoms with Gasteiger partial charge in [-0.05, 0) is 44.4 Å². The molecule has 1 saturated heterocycles. The van der Waals surface area contributed by atoms with Crippen molar-refractivity contribution in [2.75, 3.05) is 13.6 Å². The van der Waals surface area contributed by atoms with Crippen molar-refractivity contribution in [1.82, 2.24) is 9.80 Å². The van der Waals surface area contributed by atoms with Gasteiger partial charge in [0.2, 0.25) is 0 Å². The van der Waals surface area contributed by atoms with Crippen molar-refractivity contribution in [3.63, 3.8) is 0 Å². The first-order valence-electron chi connectivity index (χ1n) is 7.38. The predicted octanol–water partition coefficient (Wildman–Crippen LogP) is 1.83. The lowest BCUT2D eigenvalue weighted by Crippen LogP contribution is -2.41. The second-order valence-corrected chi connectivity index (χ2v) is 6.27. The summed E-state index contributed by atoms with van der Waals surface area (Å²) in [6, 6.07) is 1.03. The molecule has 1 unspecified atom stereocenters. The molecule has 18 heavy (non-hydrogen) atoms. The molecule has 4 heteroatoms. The van der Waals surface area contributed by atoms with Crippen molar-refractivity contribution in [2.24, 2.45) is 5.92 Å². The van der Waals surface area contributed by atoms with Crippen LogP contribution in [0, 0.1) is 5.92 Å². The fourth-order valence-electron chi connectivity index (χ4n) is 3.71. The largest absolute Gasteiger partial charge is 0.393 e. The molecule has 3 rings (SSSR count). The topological polar surface area (TPSA) is 43.8 Å². The molecule has 0 bridgehead atoms. The van der Waals surface area contributed by atoms with Gasteiger partial charge in [-0.25, -0.2) is 4.79 Å². The van der Waals surface area contributed by atoms with Crippen LogP contribution in [0.25, 0.3) is 0 Å². The maximum atomic E-state index is 12.3. The van der Waals surface area contributed by atoms with E-state index >= 15 is 0 Å². The van der Waals surface area contributed by atoms with Crippen LogP contribution in [0.4, 0.5) is 4.79 Å². The number of carbonyl (C=O) groups excluding carboxylic acids is 1. The van der Waals surface area contributed by atoms with Crippen LogP contribution in [0.1, 0.15) is 44.9 Å². The molecular weight excluding hydrogens is 228 g/mol. The highest BCUT2D eigenvalue weighted by Gasteiger charge is 2.43. The van der Waals surface area contributed by atoms with E-state index in [0.717, 1.165) is 38.1 Å². The van der Waals surface area contributed by atoms with Crippen molar-refractivity contribution in [3.05, 3.63) is 0 Å². The van der Waals surface area contributed by atoms with Gasteiger partial charge in [0, 0.05) is 19.6 Å². The molecule has 0 aromatic heterocycles. The minimum absolute atomic E-state index is 0.140. The van der Waals surface area contributed by atoms with Gasteiger partial charge in [-0.3, -0.25) is 0 Å². The Hall–Kier alpha value is -0.770. The SMILES string of the molecule is CN1C(=O)N(C2CCC(O)CC2)CC1C1CCC1. The lowest BCUT2D eigenvalue weighted by Gasteiger charge is -2.34. The third-order valence-electron chi connectivity index (χ3n) is 5.23. The zero-order valence-corrected chi connectivity index (χ0v) is 11.2. The summed E-state index contributed by atoms with van der Waals surface area (Å²) >= 11 is 0. The molecule has 0 spiro atoms. The number of carbonyl (C=O) groups is 1. The summed E-state index contributed by atoms with van der Waals surface area (Å²) in [6.45, 7) is 0.917. The van der Waals surface area contributed by atoms with Crippen LogP contribution in [-0.4, -0.2) is 52.7 Å². The zero-order valence-electron chi connectivity index (χ0n) is 11.2. The molecule has 102 valence electrons. The van der Waals surface area contributed by atoms with E-state index in [0.29, 0.717) is 12.1 Å². The first-order chi connectivity index (χ1) is 8.66. The Morgan fingerprint density at radius 2 is 1.78 bits per heavy atom. The first kappa shape index (κ1) is 12.3. The smallest absolute Gasteiger partial charge is 0.320 e. The van der Waals surface area contributed by atoms with E-state index in [9.17, 15) is 9.90 Å². The van der Waals surface area contributed by atoms with E-state index in [4.69, 9.17) is 0 Å². The molecule has 0 aromatic carbocycles. The van der Waals surface area contributed by atoms with Gasteiger partial charge in [0.15, 0.2) is 0 Å². The highest BCUT2D eigenvalue weighted by molar-refractivity contribution is 5.77. The van der Waals surface area contributed by atoms with E-state index < -0.39 is 0 Å². The fourth-order valence-corrected chi connectivity index (χ4v) is 3.71. The van der Waals surface area contributed by atoms with Crippen LogP contribution in [0.5, 0.6) is 0 Å². The van der Waals surface area contributed by atoms with Crippen LogP contribution in [0.15, 0.2) is 0 Å². The summed E-state index contributed by atoms with van der Waals surface area (Å²) in [6.07, 6.45) is 7.42. The maximum absolute atomic E-state index is 12.3. The molecular formula is C14H24N2O2. The van der Waals surface area contributed by atoms with Gasteiger partial charge in [0.25, 0.3) is 0 Å². The Bertz CT molecular complexity index is 322. The molecule has 1 N–H and O–H groups in total. The van der Waals surface area contributed by atoms with Gasteiger partial charge in [0.1, 0.15) is 0 Å². The third kappa shape index (κ3) is 2.00. The number of amides is 2. The minimum Gasteiger partial charge on any atom is -0.393 e. The molecule has 0 aromatic rings. The summed E-state index contributed by atoms with van der Waals surface area (Å²) in [5.74, 6) is 0.734. The summed E-state index contributed by atoms with van der Waals surface area (Å²) < 4.78 is 0. The highest BCUT2D eigenvalue weighted by atomic mass is 16.3. The van der Waals surface area contributed by atoms with Gasteiger partial charge in [-0.2, -0.15) is 0 Å². The van der Waals surface area contributed by atoms with Gasteiger partial charge in [0.05, 0.1) is 12.1 Å². The van der Waals surface area contributed by atoms with Gasteiger partial charge in [-0.1, -0.05) is 6.42 Å². The molecule has 3 aliphatic rings. The molecule has 2 aliphatic carbocycles. The number of hydrogen-bond donors (Lipinski definition) is 1. The number of nitrogens with zero attached hydrogens (tertiary/aromatic N) is 2. The average molecular weight is 252 g/mol. The molecule has 1 atom stereocenters. The Kier molecular flexibility index (Phi) is 3.22. The lowest BCUT2D eigenvalue weighted by atomic mass is 9.79. The van der Waals surface area contributed by atoms with E-state index in [-0.39, 0.29) is 12.1 Å². The molecule has 2 amide bonds. The minimum atomic E-state index is -0.140. The standard InChI is InChI=1S/C14H24N2O2/c1-15-13(10-3-2-4-10)9-16(14(15)18)11-5-7-12(17)8-6-11/h10-13,17H,2-9H2,1H3.